The maximum Gasteiger partial charge on any atom is 0.115 e. The van der Waals surface area contributed by atoms with E-state index in [9.17, 15) is 0 Å². The minimum Gasteiger partial charge on any atom is -0.257 e. The number of nitrogens with zero attached hydrogens (tertiary/aromatic N) is 2. The van der Waals surface area contributed by atoms with Crippen LogP contribution in [-0.2, 0) is 6.00 Å². The van der Waals surface area contributed by atoms with Gasteiger partial charge in [0.05, 0.1) is 4.88 Å². The minimum atomic E-state index is 0.408. The van der Waals surface area contributed by atoms with E-state index >= 15 is 0 Å². The number of hydrogen-bond acceptors (Lipinski definition) is 2. The van der Waals surface area contributed by atoms with E-state index < -0.39 is 0 Å². The molecule has 4 heteroatoms. The molecule has 0 saturated heterocycles. The van der Waals surface area contributed by atoms with Crippen molar-refractivity contribution in [1.82, 2.24) is 9.78 Å². The molecule has 0 bridgehead atoms. The summed E-state index contributed by atoms with van der Waals surface area (Å²) in [5.74, 6) is 0. The van der Waals surface area contributed by atoms with Crippen molar-refractivity contribution >= 4 is 22.9 Å². The molecule has 12 heavy (non-hydrogen) atoms. The maximum atomic E-state index is 5.61. The Morgan fingerprint density at radius 3 is 3.00 bits per heavy atom. The zero-order valence-corrected chi connectivity index (χ0v) is 7.85. The van der Waals surface area contributed by atoms with Crippen LogP contribution < -0.4 is 0 Å². The molecule has 2 aromatic heterocycles. The van der Waals surface area contributed by atoms with Gasteiger partial charge in [-0.2, -0.15) is 5.10 Å². The van der Waals surface area contributed by atoms with Crippen LogP contribution in [0.2, 0.25) is 0 Å². The van der Waals surface area contributed by atoms with Crippen LogP contribution in [-0.4, -0.2) is 9.78 Å². The second-order valence-electron chi connectivity index (χ2n) is 2.34. The fourth-order valence-electron chi connectivity index (χ4n) is 0.984. The molecule has 0 spiro atoms. The Hall–Kier alpha value is -0.800. The first-order valence-electron chi connectivity index (χ1n) is 3.53. The molecular weight excluding hydrogens is 192 g/mol. The summed E-state index contributed by atoms with van der Waals surface area (Å²) in [5.41, 5.74) is 0.991. The average molecular weight is 199 g/mol. The Bertz CT molecular complexity index is 353. The van der Waals surface area contributed by atoms with Crippen molar-refractivity contribution in [1.29, 1.82) is 0 Å². The summed E-state index contributed by atoms with van der Waals surface area (Å²) >= 11 is 7.29. The second kappa shape index (κ2) is 3.29. The van der Waals surface area contributed by atoms with Gasteiger partial charge in [0.15, 0.2) is 0 Å². The van der Waals surface area contributed by atoms with Gasteiger partial charge in [0, 0.05) is 6.20 Å². The number of rotatable bonds is 2. The van der Waals surface area contributed by atoms with Gasteiger partial charge in [0.25, 0.3) is 0 Å². The van der Waals surface area contributed by atoms with Crippen LogP contribution in [0.4, 0.5) is 0 Å². The molecule has 0 aliphatic rings. The molecule has 0 amide bonds. The Morgan fingerprint density at radius 1 is 1.50 bits per heavy atom. The first kappa shape index (κ1) is 7.83. The molecule has 0 unspecified atom stereocenters. The van der Waals surface area contributed by atoms with E-state index in [0.29, 0.717) is 6.00 Å². The normalized spacial score (nSPS) is 10.4. The van der Waals surface area contributed by atoms with Crippen LogP contribution in [0.1, 0.15) is 0 Å². The molecule has 0 aromatic carbocycles. The van der Waals surface area contributed by atoms with Gasteiger partial charge in [-0.25, -0.2) is 0 Å². The lowest BCUT2D eigenvalue weighted by Crippen LogP contribution is -1.91. The van der Waals surface area contributed by atoms with Gasteiger partial charge >= 0.3 is 0 Å². The zero-order chi connectivity index (χ0) is 8.39. The Labute approximate surface area is 79.4 Å². The summed E-state index contributed by atoms with van der Waals surface area (Å²) in [5, 5.41) is 6.30. The third kappa shape index (κ3) is 1.38. The van der Waals surface area contributed by atoms with Gasteiger partial charge in [-0.3, -0.25) is 4.68 Å². The minimum absolute atomic E-state index is 0.408. The zero-order valence-electron chi connectivity index (χ0n) is 6.27. The van der Waals surface area contributed by atoms with Crippen LogP contribution in [0.15, 0.2) is 29.8 Å². The van der Waals surface area contributed by atoms with Crippen molar-refractivity contribution in [3.63, 3.8) is 0 Å². The Kier molecular flexibility index (Phi) is 2.15. The van der Waals surface area contributed by atoms with E-state index in [2.05, 4.69) is 5.10 Å². The van der Waals surface area contributed by atoms with Gasteiger partial charge in [-0.05, 0) is 17.5 Å². The highest BCUT2D eigenvalue weighted by Gasteiger charge is 2.01. The Morgan fingerprint density at radius 2 is 2.42 bits per heavy atom. The van der Waals surface area contributed by atoms with E-state index in [1.165, 1.54) is 4.88 Å². The van der Waals surface area contributed by atoms with Crippen molar-refractivity contribution in [3.8, 4) is 10.6 Å². The summed E-state index contributed by atoms with van der Waals surface area (Å²) < 4.78 is 1.70. The second-order valence-corrected chi connectivity index (χ2v) is 3.52. The first-order chi connectivity index (χ1) is 5.90. The van der Waals surface area contributed by atoms with Crippen LogP contribution in [0, 0.1) is 0 Å². The number of aromatic nitrogens is 2. The largest absolute Gasteiger partial charge is 0.257 e. The average Bonchev–Trinajstić information content (AvgIpc) is 2.75. The Balaban J connectivity index is 2.35. The summed E-state index contributed by atoms with van der Waals surface area (Å²) in [6, 6.07) is 6.44. The molecule has 0 atom stereocenters. The molecule has 0 saturated carbocycles. The SMILES string of the molecule is ClCn1ccc(-c2cccs2)n1. The van der Waals surface area contributed by atoms with Crippen molar-refractivity contribution in [2.24, 2.45) is 0 Å². The molecule has 2 rings (SSSR count). The summed E-state index contributed by atoms with van der Waals surface area (Å²) in [6.07, 6.45) is 1.88. The fourth-order valence-corrected chi connectivity index (χ4v) is 1.81. The molecule has 0 N–H and O–H groups in total. The number of thiophene rings is 1. The number of halogens is 1. The third-order valence-electron chi connectivity index (χ3n) is 1.54. The number of hydrogen-bond donors (Lipinski definition) is 0. The predicted molar refractivity (Wildman–Crippen MR) is 51.4 cm³/mol. The third-order valence-corrected chi connectivity index (χ3v) is 2.67. The first-order valence-corrected chi connectivity index (χ1v) is 4.95. The van der Waals surface area contributed by atoms with Crippen molar-refractivity contribution < 1.29 is 0 Å². The highest BCUT2D eigenvalue weighted by molar-refractivity contribution is 7.13. The van der Waals surface area contributed by atoms with Gasteiger partial charge in [-0.15, -0.1) is 22.9 Å². The number of alkyl halides is 1. The maximum absolute atomic E-state index is 5.61. The molecule has 0 aliphatic carbocycles. The van der Waals surface area contributed by atoms with Gasteiger partial charge < -0.3 is 0 Å². The standard InChI is InChI=1S/C8H7ClN2S/c9-6-11-4-3-7(10-11)8-2-1-5-12-8/h1-5H,6H2. The molecule has 62 valence electrons. The molecule has 0 radical (unpaired) electrons. The predicted octanol–water partition coefficient (Wildman–Crippen LogP) is 2.81. The molecule has 2 aromatic rings. The van der Waals surface area contributed by atoms with Crippen molar-refractivity contribution in [2.75, 3.05) is 0 Å². The van der Waals surface area contributed by atoms with Crippen LogP contribution >= 0.6 is 22.9 Å². The molecule has 2 nitrogen and oxygen atoms in total. The van der Waals surface area contributed by atoms with E-state index in [0.717, 1.165) is 5.69 Å². The summed E-state index contributed by atoms with van der Waals surface area (Å²) in [7, 11) is 0. The van der Waals surface area contributed by atoms with Crippen LogP contribution in [0.5, 0.6) is 0 Å². The lowest BCUT2D eigenvalue weighted by Gasteiger charge is -1.90. The van der Waals surface area contributed by atoms with Gasteiger partial charge in [0.2, 0.25) is 0 Å². The highest BCUT2D eigenvalue weighted by atomic mass is 35.5. The smallest absolute Gasteiger partial charge is 0.115 e. The molecule has 0 aliphatic heterocycles. The fraction of sp³-hybridized carbons (Fsp3) is 0.125. The quantitative estimate of drug-likeness (QED) is 0.679. The van der Waals surface area contributed by atoms with Crippen LogP contribution in [0.3, 0.4) is 0 Å². The molecule has 2 heterocycles. The van der Waals surface area contributed by atoms with E-state index in [1.54, 1.807) is 16.0 Å². The molecular formula is C8H7ClN2S. The van der Waals surface area contributed by atoms with E-state index in [4.69, 9.17) is 11.6 Å². The lowest BCUT2D eigenvalue weighted by atomic mass is 10.4. The van der Waals surface area contributed by atoms with Crippen molar-refractivity contribution in [2.45, 2.75) is 6.00 Å². The van der Waals surface area contributed by atoms with Gasteiger partial charge in [-0.1, -0.05) is 6.07 Å². The van der Waals surface area contributed by atoms with Crippen molar-refractivity contribution in [3.05, 3.63) is 29.8 Å². The van der Waals surface area contributed by atoms with Gasteiger partial charge in [0.1, 0.15) is 11.7 Å². The monoisotopic (exact) mass is 198 g/mol. The summed E-state index contributed by atoms with van der Waals surface area (Å²) in [6.45, 7) is 0. The lowest BCUT2D eigenvalue weighted by molar-refractivity contribution is 0.747. The highest BCUT2D eigenvalue weighted by Crippen LogP contribution is 2.22. The summed E-state index contributed by atoms with van der Waals surface area (Å²) in [4.78, 5) is 1.18. The van der Waals surface area contributed by atoms with E-state index in [1.807, 2.05) is 29.8 Å². The molecule has 0 fully saturated rings. The topological polar surface area (TPSA) is 17.8 Å². The van der Waals surface area contributed by atoms with E-state index in [-0.39, 0.29) is 0 Å². The van der Waals surface area contributed by atoms with Crippen LogP contribution in [0.25, 0.3) is 10.6 Å².